The van der Waals surface area contributed by atoms with Crippen LogP contribution in [-0.2, 0) is 6.42 Å². The summed E-state index contributed by atoms with van der Waals surface area (Å²) in [7, 11) is 0. The number of benzene rings is 2. The average Bonchev–Trinajstić information content (AvgIpc) is 3.06. The Hall–Kier alpha value is -3.58. The Balaban J connectivity index is 1.76. The van der Waals surface area contributed by atoms with E-state index in [2.05, 4.69) is 15.3 Å². The molecule has 1 atom stereocenters. The highest BCUT2D eigenvalue weighted by Crippen LogP contribution is 2.35. The Bertz CT molecular complexity index is 1390. The van der Waals surface area contributed by atoms with Crippen LogP contribution in [0.4, 0.5) is 0 Å². The zero-order valence-electron chi connectivity index (χ0n) is 16.7. The van der Waals surface area contributed by atoms with E-state index < -0.39 is 17.3 Å². The first-order valence-electron chi connectivity index (χ1n) is 9.94. The number of aromatic nitrogens is 3. The minimum atomic E-state index is -0.668. The largest absolute Gasteiger partial charge is 0.494 e. The van der Waals surface area contributed by atoms with Gasteiger partial charge in [0.15, 0.2) is 0 Å². The van der Waals surface area contributed by atoms with Crippen molar-refractivity contribution in [2.45, 2.75) is 26.3 Å². The monoisotopic (exact) mass is 402 g/mol. The molecule has 1 aliphatic rings. The van der Waals surface area contributed by atoms with Crippen LogP contribution in [0, 0.1) is 13.8 Å². The van der Waals surface area contributed by atoms with E-state index in [1.165, 1.54) is 0 Å². The van der Waals surface area contributed by atoms with E-state index in [4.69, 9.17) is 0 Å². The quantitative estimate of drug-likeness (QED) is 0.414. The Morgan fingerprint density at radius 1 is 1.03 bits per heavy atom. The van der Waals surface area contributed by atoms with Gasteiger partial charge in [-0.05, 0) is 55.2 Å². The van der Waals surface area contributed by atoms with Crippen molar-refractivity contribution >= 4 is 10.9 Å². The van der Waals surface area contributed by atoms with E-state index in [0.717, 1.165) is 44.3 Å². The molecule has 4 N–H and O–H groups in total. The summed E-state index contributed by atoms with van der Waals surface area (Å²) in [6, 6.07) is 13.0. The van der Waals surface area contributed by atoms with Gasteiger partial charge in [-0.15, -0.1) is 0 Å². The summed E-state index contributed by atoms with van der Waals surface area (Å²) < 4.78 is 1.16. The third kappa shape index (κ3) is 2.78. The van der Waals surface area contributed by atoms with Gasteiger partial charge < -0.3 is 15.4 Å². The van der Waals surface area contributed by atoms with Gasteiger partial charge in [-0.1, -0.05) is 24.3 Å². The number of hydrogen-bond donors (Lipinski definition) is 4. The highest BCUT2D eigenvalue weighted by Gasteiger charge is 2.31. The van der Waals surface area contributed by atoms with E-state index >= 15 is 0 Å². The fourth-order valence-electron chi connectivity index (χ4n) is 4.54. The van der Waals surface area contributed by atoms with Gasteiger partial charge in [0.2, 0.25) is 5.88 Å². The van der Waals surface area contributed by atoms with Crippen LogP contribution < -0.4 is 16.6 Å². The van der Waals surface area contributed by atoms with Gasteiger partial charge in [0.1, 0.15) is 5.56 Å². The van der Waals surface area contributed by atoms with E-state index in [1.54, 1.807) is 12.1 Å². The van der Waals surface area contributed by atoms with Crippen molar-refractivity contribution in [1.82, 2.24) is 19.9 Å². The van der Waals surface area contributed by atoms with Crippen LogP contribution in [-0.4, -0.2) is 26.2 Å². The number of hydrogen-bond acceptors (Lipinski definition) is 4. The van der Waals surface area contributed by atoms with E-state index in [1.807, 2.05) is 44.2 Å². The van der Waals surface area contributed by atoms with Crippen LogP contribution in [0.2, 0.25) is 0 Å². The Morgan fingerprint density at radius 2 is 1.77 bits per heavy atom. The number of nitrogens with one attached hydrogen (secondary N) is 3. The molecule has 0 saturated carbocycles. The molecule has 7 nitrogen and oxygen atoms in total. The summed E-state index contributed by atoms with van der Waals surface area (Å²) in [4.78, 5) is 31.2. The summed E-state index contributed by atoms with van der Waals surface area (Å²) in [5.41, 5.74) is 4.24. The number of aromatic amines is 2. The Labute approximate surface area is 172 Å². The molecule has 0 radical (unpaired) electrons. The van der Waals surface area contributed by atoms with Gasteiger partial charge >= 0.3 is 5.69 Å². The molecule has 0 unspecified atom stereocenters. The summed E-state index contributed by atoms with van der Waals surface area (Å²) in [6.45, 7) is 4.50. The fourth-order valence-corrected chi connectivity index (χ4v) is 4.54. The smallest absolute Gasteiger partial charge is 0.335 e. The summed E-state index contributed by atoms with van der Waals surface area (Å²) in [5.74, 6) is -0.349. The molecule has 2 aromatic carbocycles. The molecule has 152 valence electrons. The second-order valence-electron chi connectivity index (χ2n) is 7.88. The van der Waals surface area contributed by atoms with Crippen molar-refractivity contribution in [1.29, 1.82) is 0 Å². The molecule has 7 heteroatoms. The van der Waals surface area contributed by atoms with Crippen molar-refractivity contribution < 1.29 is 5.11 Å². The molecule has 0 amide bonds. The first kappa shape index (κ1) is 18.4. The minimum absolute atomic E-state index is 0.126. The van der Waals surface area contributed by atoms with Gasteiger partial charge in [-0.25, -0.2) is 9.36 Å². The van der Waals surface area contributed by atoms with E-state index in [9.17, 15) is 14.7 Å². The zero-order chi connectivity index (χ0) is 21.0. The number of fused-ring (bicyclic) bond motifs is 3. The van der Waals surface area contributed by atoms with Crippen molar-refractivity contribution in [3.63, 3.8) is 0 Å². The maximum Gasteiger partial charge on any atom is 0.335 e. The number of H-pyrrole nitrogens is 2. The van der Waals surface area contributed by atoms with Crippen LogP contribution >= 0.6 is 0 Å². The molecule has 0 spiro atoms. The molecule has 5 rings (SSSR count). The highest BCUT2D eigenvalue weighted by molar-refractivity contribution is 5.85. The highest BCUT2D eigenvalue weighted by atomic mass is 16.3. The van der Waals surface area contributed by atoms with Crippen molar-refractivity contribution in [2.24, 2.45) is 0 Å². The predicted molar refractivity (Wildman–Crippen MR) is 116 cm³/mol. The van der Waals surface area contributed by atoms with Gasteiger partial charge in [0.05, 0.1) is 11.7 Å². The van der Waals surface area contributed by atoms with Crippen molar-refractivity contribution in [3.05, 3.63) is 91.3 Å². The predicted octanol–water partition coefficient (Wildman–Crippen LogP) is 2.56. The number of rotatable bonds is 2. The standard InChI is InChI=1S/C23H22N4O3/c1-12-9-13(2)11-14(10-12)27-22(29)18(21(28)26-23(27)30)20-19-16(7-8-24-20)15-5-3-4-6-17(15)25-19/h3-6,9-11,20,24-25,29H,7-8H2,1-2H3,(H,26,28,30)/t20-/m0/s1. The molecule has 3 heterocycles. The van der Waals surface area contributed by atoms with Crippen molar-refractivity contribution in [3.8, 4) is 11.6 Å². The molecule has 0 aliphatic carbocycles. The number of nitrogens with zero attached hydrogens (tertiary/aromatic N) is 1. The maximum absolute atomic E-state index is 12.8. The SMILES string of the molecule is Cc1cc(C)cc(-n2c(O)c([C@@H]3NCCc4c3[nH]c3ccccc43)c(=O)[nH]c2=O)c1. The number of para-hydroxylation sites is 1. The zero-order valence-corrected chi connectivity index (χ0v) is 16.7. The maximum atomic E-state index is 12.8. The summed E-state index contributed by atoms with van der Waals surface area (Å²) in [6.07, 6.45) is 0.811. The minimum Gasteiger partial charge on any atom is -0.494 e. The molecule has 0 saturated heterocycles. The Morgan fingerprint density at radius 3 is 2.53 bits per heavy atom. The lowest BCUT2D eigenvalue weighted by molar-refractivity contribution is 0.409. The molecular formula is C23H22N4O3. The number of aromatic hydroxyl groups is 1. The number of aryl methyl sites for hydroxylation is 2. The Kier molecular flexibility index (Phi) is 4.15. The molecule has 30 heavy (non-hydrogen) atoms. The first-order chi connectivity index (χ1) is 14.4. The third-order valence-corrected chi connectivity index (χ3v) is 5.73. The van der Waals surface area contributed by atoms with Gasteiger partial charge in [-0.2, -0.15) is 0 Å². The van der Waals surface area contributed by atoms with Crippen LogP contribution in [0.5, 0.6) is 5.88 Å². The lowest BCUT2D eigenvalue weighted by atomic mass is 9.95. The first-order valence-corrected chi connectivity index (χ1v) is 9.94. The van der Waals surface area contributed by atoms with E-state index in [-0.39, 0.29) is 11.4 Å². The van der Waals surface area contributed by atoms with Crippen LogP contribution in [0.15, 0.2) is 52.1 Å². The van der Waals surface area contributed by atoms with Crippen molar-refractivity contribution in [2.75, 3.05) is 6.54 Å². The summed E-state index contributed by atoms with van der Waals surface area (Å²) >= 11 is 0. The molecule has 0 fully saturated rings. The average molecular weight is 402 g/mol. The lowest BCUT2D eigenvalue weighted by Gasteiger charge is -2.25. The van der Waals surface area contributed by atoms with Gasteiger partial charge in [0.25, 0.3) is 5.56 Å². The lowest BCUT2D eigenvalue weighted by Crippen LogP contribution is -2.38. The molecule has 1 aliphatic heterocycles. The van der Waals surface area contributed by atoms with Gasteiger partial charge in [0, 0.05) is 23.1 Å². The molecule has 4 aromatic rings. The second-order valence-corrected chi connectivity index (χ2v) is 7.88. The second kappa shape index (κ2) is 6.74. The van der Waals surface area contributed by atoms with Crippen LogP contribution in [0.3, 0.4) is 0 Å². The normalized spacial score (nSPS) is 16.0. The molecule has 2 aromatic heterocycles. The molecular weight excluding hydrogens is 380 g/mol. The van der Waals surface area contributed by atoms with E-state index in [0.29, 0.717) is 12.2 Å². The molecule has 0 bridgehead atoms. The van der Waals surface area contributed by atoms with Crippen LogP contribution in [0.25, 0.3) is 16.6 Å². The third-order valence-electron chi connectivity index (χ3n) is 5.73. The summed E-state index contributed by atoms with van der Waals surface area (Å²) in [5, 5.41) is 15.6. The van der Waals surface area contributed by atoms with Crippen LogP contribution in [0.1, 0.15) is 34.0 Å². The fraction of sp³-hybridized carbons (Fsp3) is 0.217. The topological polar surface area (TPSA) is 103 Å². The van der Waals surface area contributed by atoms with Gasteiger partial charge in [-0.3, -0.25) is 9.78 Å².